The van der Waals surface area contributed by atoms with Gasteiger partial charge in [-0.3, -0.25) is 0 Å². The average molecular weight is 564 g/mol. The Morgan fingerprint density at radius 3 is 1.12 bits per heavy atom. The Kier molecular flexibility index (Phi) is 8.87. The quantitative estimate of drug-likeness (QED) is 0.385. The Hall–Kier alpha value is 2.84. The minimum absolute atomic E-state index is 1.10. The lowest BCUT2D eigenvalue weighted by Crippen LogP contribution is -2.10. The van der Waals surface area contributed by atoms with Crippen LogP contribution < -0.4 is 0 Å². The fourth-order valence-corrected chi connectivity index (χ4v) is 1.01. The van der Waals surface area contributed by atoms with Gasteiger partial charge in [-0.05, 0) is 0 Å². The third-order valence-electron chi connectivity index (χ3n) is 0.438. The van der Waals surface area contributed by atoms with Gasteiger partial charge in [-0.15, -0.1) is 0 Å². The maximum atomic E-state index is 2.26. The van der Waals surface area contributed by atoms with Gasteiger partial charge in [0.15, 0.2) is 0 Å². The van der Waals surface area contributed by atoms with Gasteiger partial charge in [-0.2, -0.15) is 2.65 Å². The van der Waals surface area contributed by atoms with E-state index in [4.69, 9.17) is 0 Å². The second kappa shape index (κ2) is 6.54. The first kappa shape index (κ1) is 10.8. The van der Waals surface area contributed by atoms with E-state index in [-0.39, 0.29) is 0 Å². The van der Waals surface area contributed by atoms with Crippen LogP contribution in [0.2, 0.25) is 0 Å². The smallest absolute Gasteiger partial charge is 0.0329 e. The van der Waals surface area contributed by atoms with E-state index in [0.29, 0.717) is 0 Å². The largest absolute Gasteiger partial charge is 0.187 e. The molecule has 0 radical (unpaired) electrons. The van der Waals surface area contributed by atoms with E-state index in [9.17, 15) is 0 Å². The highest BCUT2D eigenvalue weighted by atomic mass is 127. The van der Waals surface area contributed by atoms with Crippen molar-refractivity contribution in [1.82, 2.24) is 2.65 Å². The zero-order chi connectivity index (χ0) is 6.57. The molecule has 0 rings (SSSR count). The Bertz CT molecular complexity index is 48.0. The molecule has 0 aromatic rings. The van der Waals surface area contributed by atoms with Crippen molar-refractivity contribution < 1.29 is 0 Å². The summed E-state index contributed by atoms with van der Waals surface area (Å²) in [6.07, 6.45) is 0. The number of hydrogen-bond acceptors (Lipinski definition) is 2. The maximum Gasteiger partial charge on any atom is 0.0329 e. The highest BCUT2D eigenvalue weighted by molar-refractivity contribution is 14.2. The van der Waals surface area contributed by atoms with E-state index in [1.54, 1.807) is 0 Å². The van der Waals surface area contributed by atoms with Crippen LogP contribution in [0.1, 0.15) is 0 Å². The van der Waals surface area contributed by atoms with Crippen LogP contribution in [0.4, 0.5) is 0 Å². The average Bonchev–Trinajstić information content (AvgIpc) is 1.61. The summed E-state index contributed by atoms with van der Waals surface area (Å²) >= 11 is 9.05. The van der Waals surface area contributed by atoms with Crippen molar-refractivity contribution in [3.05, 3.63) is 0 Å². The lowest BCUT2D eigenvalue weighted by molar-refractivity contribution is 0.721. The first-order valence-electron chi connectivity index (χ1n) is 1.81. The molecule has 0 spiro atoms. The van der Waals surface area contributed by atoms with Gasteiger partial charge >= 0.3 is 0 Å². The van der Waals surface area contributed by atoms with Crippen LogP contribution in [0.25, 0.3) is 0 Å². The van der Waals surface area contributed by atoms with Crippen LogP contribution in [-0.4, -0.2) is 15.7 Å². The van der Waals surface area contributed by atoms with E-state index in [1.165, 1.54) is 0 Å². The van der Waals surface area contributed by atoms with Crippen LogP contribution >= 0.6 is 91.5 Å². The van der Waals surface area contributed by atoms with Crippen molar-refractivity contribution in [3.8, 4) is 0 Å². The predicted molar refractivity (Wildman–Crippen MR) is 69.5 cm³/mol. The summed E-state index contributed by atoms with van der Waals surface area (Å²) in [5, 5.41) is 0. The van der Waals surface area contributed by atoms with Crippen molar-refractivity contribution in [2.75, 3.05) is 13.1 Å². The fraction of sp³-hybridized carbons (Fsp3) is 1.00. The number of rotatable bonds is 3. The molecule has 0 aliphatic carbocycles. The summed E-state index contributed by atoms with van der Waals surface area (Å²) in [6, 6.07) is 0. The summed E-state index contributed by atoms with van der Waals surface area (Å²) in [4.78, 5) is 0. The molecule has 2 nitrogen and oxygen atoms in total. The molecule has 0 fully saturated rings. The Morgan fingerprint density at radius 2 is 1.00 bits per heavy atom. The van der Waals surface area contributed by atoms with E-state index >= 15 is 0 Å². The fourth-order valence-electron chi connectivity index (χ4n) is 0.151. The van der Waals surface area contributed by atoms with Crippen molar-refractivity contribution in [1.29, 1.82) is 0 Å². The van der Waals surface area contributed by atoms with Gasteiger partial charge in [-0.25, -0.2) is 0 Å². The monoisotopic (exact) mass is 564 g/mol. The molecule has 8 heavy (non-hydrogen) atoms. The van der Waals surface area contributed by atoms with Gasteiger partial charge in [0.2, 0.25) is 0 Å². The molecule has 0 atom stereocenters. The van der Waals surface area contributed by atoms with Gasteiger partial charge in [0, 0.05) is 105 Å². The standard InChI is InChI=1S/C2H4I4N2/c3-7(4)1-2-8(5)6/h1-2H2. The Morgan fingerprint density at radius 1 is 0.750 bits per heavy atom. The van der Waals surface area contributed by atoms with Gasteiger partial charge in [0.1, 0.15) is 0 Å². The molecule has 0 aliphatic heterocycles. The molecule has 6 heteroatoms. The van der Waals surface area contributed by atoms with Crippen LogP contribution in [0.15, 0.2) is 0 Å². The molecule has 0 saturated carbocycles. The molecule has 0 aromatic heterocycles. The topological polar surface area (TPSA) is 6.48 Å². The second-order valence-electron chi connectivity index (χ2n) is 1.05. The lowest BCUT2D eigenvalue weighted by Gasteiger charge is -2.06. The molecule has 0 aliphatic rings. The van der Waals surface area contributed by atoms with Gasteiger partial charge in [0.25, 0.3) is 0 Å². The summed E-state index contributed by atoms with van der Waals surface area (Å²) in [5.41, 5.74) is 0. The first-order chi connectivity index (χ1) is 3.63. The zero-order valence-corrected chi connectivity index (χ0v) is 12.5. The summed E-state index contributed by atoms with van der Waals surface area (Å²) in [5.74, 6) is 0. The van der Waals surface area contributed by atoms with Crippen molar-refractivity contribution >= 4 is 91.5 Å². The lowest BCUT2D eigenvalue weighted by atomic mass is 10.7. The van der Waals surface area contributed by atoms with Crippen molar-refractivity contribution in [2.45, 2.75) is 0 Å². The molecular formula is C2H4I4N2. The minimum atomic E-state index is 1.10. The number of halogens is 4. The normalized spacial score (nSPS) is 11.2. The third kappa shape index (κ3) is 8.84. The summed E-state index contributed by atoms with van der Waals surface area (Å²) in [6.45, 7) is 2.21. The van der Waals surface area contributed by atoms with E-state index < -0.39 is 0 Å². The minimum Gasteiger partial charge on any atom is -0.187 e. The number of hydrogen-bond donors (Lipinski definition) is 0. The summed E-state index contributed by atoms with van der Waals surface area (Å²) in [7, 11) is 0. The molecule has 0 amide bonds. The zero-order valence-electron chi connectivity index (χ0n) is 3.82. The SMILES string of the molecule is IN(I)CCN(I)I. The molecular weight excluding hydrogens is 560 g/mol. The van der Waals surface area contributed by atoms with Crippen LogP contribution in [0.3, 0.4) is 0 Å². The van der Waals surface area contributed by atoms with Crippen molar-refractivity contribution in [2.24, 2.45) is 0 Å². The van der Waals surface area contributed by atoms with E-state index in [2.05, 4.69) is 94.1 Å². The molecule has 0 aromatic carbocycles. The molecule has 0 saturated heterocycles. The molecule has 0 N–H and O–H groups in total. The molecule has 0 heterocycles. The summed E-state index contributed by atoms with van der Waals surface area (Å²) < 4.78 is 4.22. The Labute approximate surface area is 105 Å². The highest BCUT2D eigenvalue weighted by Crippen LogP contribution is 2.10. The third-order valence-corrected chi connectivity index (χ3v) is 2.37. The van der Waals surface area contributed by atoms with Crippen LogP contribution in [0, 0.1) is 0 Å². The van der Waals surface area contributed by atoms with Crippen LogP contribution in [0.5, 0.6) is 0 Å². The van der Waals surface area contributed by atoms with Gasteiger partial charge in [-0.1, -0.05) is 0 Å². The van der Waals surface area contributed by atoms with Gasteiger partial charge in [0.05, 0.1) is 0 Å². The first-order valence-corrected chi connectivity index (χ1v) is 5.67. The van der Waals surface area contributed by atoms with Crippen LogP contribution in [-0.2, 0) is 0 Å². The van der Waals surface area contributed by atoms with E-state index in [0.717, 1.165) is 13.1 Å². The maximum absolute atomic E-state index is 2.26. The predicted octanol–water partition coefficient (Wildman–Crippen LogP) is 2.99. The molecule has 0 unspecified atom stereocenters. The molecule has 0 bridgehead atoms. The Balaban J connectivity index is 2.93. The molecule has 50 valence electrons. The highest BCUT2D eigenvalue weighted by Gasteiger charge is 1.95. The van der Waals surface area contributed by atoms with Crippen molar-refractivity contribution in [3.63, 3.8) is 0 Å². The van der Waals surface area contributed by atoms with E-state index in [1.807, 2.05) is 0 Å². The van der Waals surface area contributed by atoms with Gasteiger partial charge < -0.3 is 0 Å². The second-order valence-corrected chi connectivity index (χ2v) is 9.40. The number of nitrogens with zero attached hydrogens (tertiary/aromatic N) is 2.